The lowest BCUT2D eigenvalue weighted by Crippen LogP contribution is -2.47. The third-order valence-electron chi connectivity index (χ3n) is 7.37. The first kappa shape index (κ1) is 18.8. The predicted molar refractivity (Wildman–Crippen MR) is 127 cm³/mol. The van der Waals surface area contributed by atoms with Gasteiger partial charge >= 0.3 is 0 Å². The molecule has 1 N–H and O–H groups in total. The van der Waals surface area contributed by atoms with Gasteiger partial charge < -0.3 is 5.32 Å². The van der Waals surface area contributed by atoms with Crippen LogP contribution >= 0.6 is 11.3 Å². The SMILES string of the molecule is Cc1cc2nc(NC(=O)[C@]3(C)CC4c5ccccc5C3c3ccccc34)sc2cc1C. The molecule has 0 spiro atoms. The van der Waals surface area contributed by atoms with Crippen LogP contribution in [-0.2, 0) is 4.79 Å². The van der Waals surface area contributed by atoms with E-state index in [1.165, 1.54) is 33.4 Å². The molecule has 0 unspecified atom stereocenters. The summed E-state index contributed by atoms with van der Waals surface area (Å²) in [5.74, 6) is 0.386. The largest absolute Gasteiger partial charge is 0.301 e. The molecule has 2 bridgehead atoms. The van der Waals surface area contributed by atoms with Gasteiger partial charge in [-0.3, -0.25) is 4.79 Å². The van der Waals surface area contributed by atoms with Crippen molar-refractivity contribution in [1.29, 1.82) is 0 Å². The average molecular weight is 425 g/mol. The van der Waals surface area contributed by atoms with Crippen molar-refractivity contribution in [2.75, 3.05) is 5.32 Å². The van der Waals surface area contributed by atoms with Crippen LogP contribution in [-0.4, -0.2) is 10.9 Å². The van der Waals surface area contributed by atoms with Crippen molar-refractivity contribution in [3.8, 4) is 0 Å². The molecule has 154 valence electrons. The molecular formula is C27H24N2OS. The maximum atomic E-state index is 13.8. The number of fused-ring (bicyclic) bond motifs is 2. The Labute approximate surface area is 186 Å². The van der Waals surface area contributed by atoms with E-state index in [-0.39, 0.29) is 17.7 Å². The maximum Gasteiger partial charge on any atom is 0.233 e. The second kappa shape index (κ2) is 6.51. The third kappa shape index (κ3) is 2.64. The number of carbonyl (C=O) groups is 1. The quantitative estimate of drug-likeness (QED) is 0.397. The van der Waals surface area contributed by atoms with Crippen molar-refractivity contribution in [2.24, 2.45) is 5.41 Å². The van der Waals surface area contributed by atoms with Gasteiger partial charge in [0.05, 0.1) is 15.6 Å². The van der Waals surface area contributed by atoms with Gasteiger partial charge in [-0.2, -0.15) is 0 Å². The van der Waals surface area contributed by atoms with Crippen LogP contribution in [0, 0.1) is 19.3 Å². The number of aromatic nitrogens is 1. The van der Waals surface area contributed by atoms with Crippen LogP contribution in [0.4, 0.5) is 5.13 Å². The molecule has 3 aliphatic carbocycles. The molecule has 3 aromatic carbocycles. The third-order valence-corrected chi connectivity index (χ3v) is 8.31. The first-order valence-electron chi connectivity index (χ1n) is 10.8. The average Bonchev–Trinajstić information content (AvgIpc) is 3.15. The van der Waals surface area contributed by atoms with Gasteiger partial charge in [0, 0.05) is 11.8 Å². The van der Waals surface area contributed by atoms with Crippen LogP contribution in [0.5, 0.6) is 0 Å². The van der Waals surface area contributed by atoms with Gasteiger partial charge in [-0.1, -0.05) is 59.9 Å². The molecule has 7 rings (SSSR count). The Hall–Kier alpha value is -2.98. The second-order valence-corrected chi connectivity index (χ2v) is 10.3. The van der Waals surface area contributed by atoms with Crippen LogP contribution in [0.1, 0.15) is 58.6 Å². The Morgan fingerprint density at radius 3 is 2.19 bits per heavy atom. The van der Waals surface area contributed by atoms with Crippen molar-refractivity contribution in [3.63, 3.8) is 0 Å². The molecule has 3 nitrogen and oxygen atoms in total. The normalized spacial score (nSPS) is 23.5. The second-order valence-electron chi connectivity index (χ2n) is 9.24. The lowest BCUT2D eigenvalue weighted by Gasteiger charge is -2.50. The maximum absolute atomic E-state index is 13.8. The summed E-state index contributed by atoms with van der Waals surface area (Å²) < 4.78 is 1.12. The fourth-order valence-corrected chi connectivity index (χ4v) is 6.60. The molecule has 1 amide bonds. The number of aryl methyl sites for hydroxylation is 2. The van der Waals surface area contributed by atoms with Crippen molar-refractivity contribution < 1.29 is 4.79 Å². The van der Waals surface area contributed by atoms with Gasteiger partial charge in [0.2, 0.25) is 5.91 Å². The zero-order chi connectivity index (χ0) is 21.3. The number of hydrogen-bond donors (Lipinski definition) is 1. The molecule has 0 saturated heterocycles. The van der Waals surface area contributed by atoms with Crippen LogP contribution in [0.3, 0.4) is 0 Å². The molecule has 4 aromatic rings. The van der Waals surface area contributed by atoms with Crippen molar-refractivity contribution in [2.45, 2.75) is 39.0 Å². The van der Waals surface area contributed by atoms with E-state index in [1.54, 1.807) is 11.3 Å². The van der Waals surface area contributed by atoms with Crippen molar-refractivity contribution in [1.82, 2.24) is 4.98 Å². The number of anilines is 1. The minimum Gasteiger partial charge on any atom is -0.301 e. The highest BCUT2D eigenvalue weighted by Crippen LogP contribution is 2.61. The topological polar surface area (TPSA) is 42.0 Å². The van der Waals surface area contributed by atoms with E-state index >= 15 is 0 Å². The lowest BCUT2D eigenvalue weighted by atomic mass is 9.52. The van der Waals surface area contributed by atoms with Gasteiger partial charge in [-0.05, 0) is 72.7 Å². The van der Waals surface area contributed by atoms with Gasteiger partial charge in [-0.25, -0.2) is 4.98 Å². The summed E-state index contributed by atoms with van der Waals surface area (Å²) in [6.07, 6.45) is 0.820. The monoisotopic (exact) mass is 424 g/mol. The van der Waals surface area contributed by atoms with E-state index in [1.807, 2.05) is 0 Å². The molecular weight excluding hydrogens is 400 g/mol. The molecule has 0 fully saturated rings. The number of nitrogens with zero attached hydrogens (tertiary/aromatic N) is 1. The van der Waals surface area contributed by atoms with E-state index in [0.29, 0.717) is 5.13 Å². The summed E-state index contributed by atoms with van der Waals surface area (Å²) in [5.41, 5.74) is 8.26. The van der Waals surface area contributed by atoms with Gasteiger partial charge in [0.25, 0.3) is 0 Å². The summed E-state index contributed by atoms with van der Waals surface area (Å²) >= 11 is 1.56. The fourth-order valence-electron chi connectivity index (χ4n) is 5.66. The Balaban J connectivity index is 1.41. The molecule has 0 aliphatic heterocycles. The van der Waals surface area contributed by atoms with Crippen LogP contribution in [0.2, 0.25) is 0 Å². The standard InChI is InChI=1S/C27H24N2OS/c1-15-12-22-23(13-16(15)2)31-26(28-22)29-25(30)27(3)14-21-17-8-4-6-10-19(17)24(27)20-11-7-5-9-18(20)21/h4-13,21,24H,14H2,1-3H3,(H,28,29,30)/t21?,24?,27-/m1/s1. The molecule has 1 atom stereocenters. The first-order valence-corrected chi connectivity index (χ1v) is 11.6. The summed E-state index contributed by atoms with van der Waals surface area (Å²) in [6.45, 7) is 6.34. The number of carbonyl (C=O) groups excluding carboxylic acids is 1. The highest BCUT2D eigenvalue weighted by molar-refractivity contribution is 7.22. The predicted octanol–water partition coefficient (Wildman–Crippen LogP) is 6.54. The van der Waals surface area contributed by atoms with Gasteiger partial charge in [0.1, 0.15) is 0 Å². The molecule has 1 heterocycles. The molecule has 0 radical (unpaired) electrons. The molecule has 4 heteroatoms. The smallest absolute Gasteiger partial charge is 0.233 e. The molecule has 0 saturated carbocycles. The zero-order valence-corrected chi connectivity index (χ0v) is 18.7. The summed E-state index contributed by atoms with van der Waals surface area (Å²) in [6, 6.07) is 21.6. The summed E-state index contributed by atoms with van der Waals surface area (Å²) in [5, 5.41) is 3.88. The van der Waals surface area contributed by atoms with Crippen LogP contribution in [0.15, 0.2) is 60.7 Å². The Morgan fingerprint density at radius 1 is 0.968 bits per heavy atom. The minimum atomic E-state index is -0.517. The van der Waals surface area contributed by atoms with E-state index in [2.05, 4.69) is 86.8 Å². The van der Waals surface area contributed by atoms with Gasteiger partial charge in [0.15, 0.2) is 5.13 Å². The Bertz CT molecular complexity index is 1280. The first-order chi connectivity index (χ1) is 15.0. The summed E-state index contributed by atoms with van der Waals surface area (Å²) in [4.78, 5) is 18.5. The van der Waals surface area contributed by atoms with Crippen LogP contribution < -0.4 is 5.32 Å². The van der Waals surface area contributed by atoms with Crippen molar-refractivity contribution >= 4 is 32.6 Å². The van der Waals surface area contributed by atoms with E-state index < -0.39 is 5.41 Å². The van der Waals surface area contributed by atoms with E-state index in [4.69, 9.17) is 4.98 Å². The van der Waals surface area contributed by atoms with E-state index in [9.17, 15) is 4.79 Å². The van der Waals surface area contributed by atoms with Crippen molar-refractivity contribution in [3.05, 3.63) is 94.0 Å². The highest BCUT2D eigenvalue weighted by atomic mass is 32.1. The summed E-state index contributed by atoms with van der Waals surface area (Å²) in [7, 11) is 0. The minimum absolute atomic E-state index is 0.0590. The van der Waals surface area contributed by atoms with Crippen LogP contribution in [0.25, 0.3) is 10.2 Å². The number of amides is 1. The molecule has 1 aromatic heterocycles. The fraction of sp³-hybridized carbons (Fsp3) is 0.259. The number of nitrogens with one attached hydrogen (secondary N) is 1. The number of rotatable bonds is 2. The zero-order valence-electron chi connectivity index (χ0n) is 17.9. The molecule has 3 aliphatic rings. The Kier molecular flexibility index (Phi) is 3.94. The number of benzene rings is 3. The Morgan fingerprint density at radius 2 is 1.55 bits per heavy atom. The van der Waals surface area contributed by atoms with E-state index in [0.717, 1.165) is 16.6 Å². The number of hydrogen-bond acceptors (Lipinski definition) is 3. The highest BCUT2D eigenvalue weighted by Gasteiger charge is 2.53. The van der Waals surface area contributed by atoms with Gasteiger partial charge in [-0.15, -0.1) is 0 Å². The number of thiazole rings is 1. The lowest BCUT2D eigenvalue weighted by molar-refractivity contribution is -0.126. The molecule has 31 heavy (non-hydrogen) atoms.